The number of nitrogens with two attached hydrogens (primary N) is 1. The Morgan fingerprint density at radius 2 is 1.80 bits per heavy atom. The molecular weight excluding hydrogens is 698 g/mol. The quantitative estimate of drug-likeness (QED) is 0.153. The first-order valence-corrected chi connectivity index (χ1v) is 21.9. The van der Waals surface area contributed by atoms with E-state index >= 15 is 4.79 Å². The number of ether oxygens (including phenoxy) is 1. The van der Waals surface area contributed by atoms with E-state index < -0.39 is 70.3 Å². The molecule has 0 aromatic carbocycles. The normalized spacial score (nSPS) is 49.9. The number of aliphatic hydroxyl groups excluding tert-OH is 4. The zero-order valence-corrected chi connectivity index (χ0v) is 34.3. The van der Waals surface area contributed by atoms with E-state index in [9.17, 15) is 30.6 Å². The van der Waals surface area contributed by atoms with Gasteiger partial charge in [-0.15, -0.1) is 0 Å². The Bertz CT molecular complexity index is 1460. The number of carbonyl (C=O) groups is 1. The van der Waals surface area contributed by atoms with E-state index in [1.807, 2.05) is 6.92 Å². The molecule has 9 N–H and O–H groups in total. The Hall–Kier alpha value is -1.28. The molecule has 2 saturated heterocycles. The van der Waals surface area contributed by atoms with Crippen molar-refractivity contribution in [3.63, 3.8) is 0 Å². The van der Waals surface area contributed by atoms with Gasteiger partial charge in [0.05, 0.1) is 60.6 Å². The van der Waals surface area contributed by atoms with Crippen LogP contribution in [0.2, 0.25) is 0 Å². The topological polar surface area (TPSA) is 198 Å². The molecule has 19 atom stereocenters. The minimum Gasteiger partial charge on any atom is -0.391 e. The Balaban J connectivity index is 1.29. The van der Waals surface area contributed by atoms with Crippen LogP contribution >= 0.6 is 0 Å². The maximum Gasteiger partial charge on any atom is 0.180 e. The molecule has 6 fully saturated rings. The van der Waals surface area contributed by atoms with Crippen molar-refractivity contribution in [2.24, 2.45) is 80.7 Å². The first kappa shape index (κ1) is 41.9. The Kier molecular flexibility index (Phi) is 11.7. The van der Waals surface area contributed by atoms with Gasteiger partial charge in [0.2, 0.25) is 0 Å². The number of piperidine rings is 1. The fourth-order valence-corrected chi connectivity index (χ4v) is 13.9. The van der Waals surface area contributed by atoms with Crippen LogP contribution < -0.4 is 11.1 Å². The van der Waals surface area contributed by atoms with Crippen LogP contribution in [0.4, 0.5) is 0 Å². The lowest BCUT2D eigenvalue weighted by atomic mass is 9.38. The minimum atomic E-state index is -1.61. The Morgan fingerprint density at radius 1 is 1.07 bits per heavy atom. The molecule has 4 saturated carbocycles. The second kappa shape index (κ2) is 15.4. The highest BCUT2D eigenvalue weighted by Crippen LogP contribution is 2.73. The van der Waals surface area contributed by atoms with E-state index in [4.69, 9.17) is 15.5 Å². The molecule has 0 bridgehead atoms. The van der Waals surface area contributed by atoms with Gasteiger partial charge in [-0.2, -0.15) is 0 Å². The first-order chi connectivity index (χ1) is 25.9. The van der Waals surface area contributed by atoms with Gasteiger partial charge in [-0.1, -0.05) is 52.7 Å². The van der Waals surface area contributed by atoms with Crippen LogP contribution in [0.15, 0.2) is 17.1 Å². The maximum atomic E-state index is 15.1. The number of hydrogen-bond acceptors (Lipinski definition) is 11. The maximum absolute atomic E-state index is 15.1. The van der Waals surface area contributed by atoms with E-state index in [-0.39, 0.29) is 66.6 Å². The molecule has 312 valence electrons. The van der Waals surface area contributed by atoms with Crippen molar-refractivity contribution in [2.45, 2.75) is 160 Å². The summed E-state index contributed by atoms with van der Waals surface area (Å²) in [4.78, 5) is 20.0. The van der Waals surface area contributed by atoms with Gasteiger partial charge in [0.25, 0.3) is 0 Å². The van der Waals surface area contributed by atoms with Crippen LogP contribution in [0.25, 0.3) is 0 Å². The van der Waals surface area contributed by atoms with Crippen LogP contribution in [0.1, 0.15) is 112 Å². The SMILES string of the molecule is CC(C)CCC[C@@H]1CO[C@@H]([C@@H](O)[C@](C)(O)[C@@H]2CC[C@]3(O)[C@H]4C(=NC[C@H](C)O)C(=O)[C@@H]5C[C@@H](O)[C@@H](O)C[C@@]56C[C@@H](C5CCC(N)NC5)C=C[C@@H](C[C@]23C)[C@@H]46)[C@@H]1C. The van der Waals surface area contributed by atoms with Crippen molar-refractivity contribution in [3.8, 4) is 0 Å². The van der Waals surface area contributed by atoms with E-state index in [2.05, 4.69) is 38.2 Å². The summed E-state index contributed by atoms with van der Waals surface area (Å²) in [5.41, 5.74) is 1.81. The molecular formula is C44H73N3O8. The van der Waals surface area contributed by atoms with Gasteiger partial charge in [-0.3, -0.25) is 9.79 Å². The van der Waals surface area contributed by atoms with Crippen molar-refractivity contribution in [1.29, 1.82) is 0 Å². The average Bonchev–Trinajstić information content (AvgIpc) is 3.56. The molecule has 0 aromatic rings. The fourth-order valence-electron chi connectivity index (χ4n) is 13.9. The number of Topliss-reactive ketones (excluding diaryl/α,β-unsaturated/α-hetero) is 1. The number of carbonyl (C=O) groups excluding carboxylic acids is 1. The van der Waals surface area contributed by atoms with Crippen molar-refractivity contribution in [2.75, 3.05) is 19.7 Å². The summed E-state index contributed by atoms with van der Waals surface area (Å²) in [5.74, 6) is -1.05. The summed E-state index contributed by atoms with van der Waals surface area (Å²) < 4.78 is 6.32. The monoisotopic (exact) mass is 772 g/mol. The summed E-state index contributed by atoms with van der Waals surface area (Å²) in [7, 11) is 0. The van der Waals surface area contributed by atoms with Crippen molar-refractivity contribution < 1.29 is 40.2 Å². The molecule has 55 heavy (non-hydrogen) atoms. The molecule has 1 spiro atoms. The molecule has 11 heteroatoms. The predicted molar refractivity (Wildman–Crippen MR) is 211 cm³/mol. The lowest BCUT2D eigenvalue weighted by Crippen LogP contribution is -2.72. The van der Waals surface area contributed by atoms with Gasteiger partial charge in [-0.05, 0) is 131 Å². The average molecular weight is 772 g/mol. The highest BCUT2D eigenvalue weighted by molar-refractivity contribution is 6.42. The number of fused-ring (bicyclic) bond motifs is 2. The van der Waals surface area contributed by atoms with Crippen LogP contribution in [0.3, 0.4) is 0 Å². The number of rotatable bonds is 10. The highest BCUT2D eigenvalue weighted by atomic mass is 16.5. The van der Waals surface area contributed by atoms with Crippen molar-refractivity contribution in [3.05, 3.63) is 12.2 Å². The number of ketones is 1. The van der Waals surface area contributed by atoms with Crippen molar-refractivity contribution >= 4 is 11.5 Å². The molecule has 2 heterocycles. The molecule has 2 aliphatic heterocycles. The van der Waals surface area contributed by atoms with Gasteiger partial charge < -0.3 is 46.4 Å². The van der Waals surface area contributed by atoms with Gasteiger partial charge in [-0.25, -0.2) is 0 Å². The van der Waals surface area contributed by atoms with E-state index in [1.165, 1.54) is 0 Å². The summed E-state index contributed by atoms with van der Waals surface area (Å²) in [6.45, 7) is 13.3. The molecule has 7 rings (SSSR count). The van der Waals surface area contributed by atoms with Crippen LogP contribution in [-0.2, 0) is 9.53 Å². The molecule has 0 radical (unpaired) electrons. The second-order valence-electron chi connectivity index (χ2n) is 20.6. The third-order valence-corrected chi connectivity index (χ3v) is 16.9. The number of hydrogen-bond donors (Lipinski definition) is 8. The molecule has 2 unspecified atom stereocenters. The van der Waals surface area contributed by atoms with E-state index in [1.54, 1.807) is 13.8 Å². The predicted octanol–water partition coefficient (Wildman–Crippen LogP) is 3.36. The van der Waals surface area contributed by atoms with Crippen LogP contribution in [-0.4, -0.2) is 110 Å². The number of aliphatic hydroxyl groups is 6. The third-order valence-electron chi connectivity index (χ3n) is 16.9. The van der Waals surface area contributed by atoms with E-state index in [0.717, 1.165) is 38.6 Å². The summed E-state index contributed by atoms with van der Waals surface area (Å²) in [5, 5.41) is 75.0. The Labute approximate surface area is 329 Å². The standard InChI is InChI=1S/C44H73N3O8/c1-23(2)8-7-9-29-22-55-39(25(29)4)40(52)42(6,53)33-14-15-44(54)36-35-27(17-41(33,44)5)11-10-26(28-12-13-34(45)46-21-28)18-43(35)19-32(50)31(49)16-30(43)38(51)37(36)47-20-24(3)48/h10-11,23-36,39-40,46,48-50,52-54H,7-9,12-22,45H2,1-6H3/t24-,25+,26-,27-,28?,29+,30-,31+,32-,33+,34?,35-,36+,39+,40+,41+,42+,43-,44-/m0/s1. The van der Waals surface area contributed by atoms with E-state index in [0.29, 0.717) is 44.1 Å². The third kappa shape index (κ3) is 6.95. The minimum absolute atomic E-state index is 0.00815. The van der Waals surface area contributed by atoms with Crippen LogP contribution in [0.5, 0.6) is 0 Å². The largest absolute Gasteiger partial charge is 0.391 e. The first-order valence-electron chi connectivity index (χ1n) is 21.9. The second-order valence-corrected chi connectivity index (χ2v) is 20.6. The van der Waals surface area contributed by atoms with Gasteiger partial charge >= 0.3 is 0 Å². The van der Waals surface area contributed by atoms with Crippen molar-refractivity contribution in [1.82, 2.24) is 5.32 Å². The molecule has 0 amide bonds. The number of nitrogens with one attached hydrogen (secondary N) is 1. The Morgan fingerprint density at radius 3 is 2.47 bits per heavy atom. The van der Waals surface area contributed by atoms with Gasteiger partial charge in [0, 0.05) is 17.3 Å². The summed E-state index contributed by atoms with van der Waals surface area (Å²) >= 11 is 0. The lowest BCUT2D eigenvalue weighted by molar-refractivity contribution is -0.233. The smallest absolute Gasteiger partial charge is 0.180 e. The zero-order chi connectivity index (χ0) is 39.8. The number of aliphatic imine (C=N–C) groups is 1. The summed E-state index contributed by atoms with van der Waals surface area (Å²) in [6.07, 6.45) is 7.36. The molecule has 5 aliphatic carbocycles. The molecule has 11 nitrogen and oxygen atoms in total. The number of nitrogens with zero attached hydrogens (tertiary/aromatic N) is 1. The summed E-state index contributed by atoms with van der Waals surface area (Å²) in [6, 6.07) is 0. The number of allylic oxidation sites excluding steroid dienone is 2. The zero-order valence-electron chi connectivity index (χ0n) is 34.3. The van der Waals surface area contributed by atoms with Gasteiger partial charge in [0.15, 0.2) is 5.78 Å². The molecule has 7 aliphatic rings. The fraction of sp³-hybridized carbons (Fsp3) is 0.909. The molecule has 0 aromatic heterocycles. The lowest BCUT2D eigenvalue weighted by Gasteiger charge is -2.66. The van der Waals surface area contributed by atoms with Crippen LogP contribution in [0, 0.1) is 70.0 Å². The highest BCUT2D eigenvalue weighted by Gasteiger charge is 2.76. The van der Waals surface area contributed by atoms with Gasteiger partial charge in [0.1, 0.15) is 6.10 Å².